The highest BCUT2D eigenvalue weighted by atomic mass is 35.5. The van der Waals surface area contributed by atoms with Crippen LogP contribution in [0.4, 0.5) is 0 Å². The fourth-order valence-electron chi connectivity index (χ4n) is 2.77. The number of nitrogens with one attached hydrogen (secondary N) is 1. The number of pyridine rings is 1. The highest BCUT2D eigenvalue weighted by Gasteiger charge is 2.22. The van der Waals surface area contributed by atoms with Crippen molar-refractivity contribution < 1.29 is 9.53 Å². The number of carbonyl (C=O) groups is 1. The number of halogens is 2. The molecule has 3 rings (SSSR count). The Morgan fingerprint density at radius 2 is 1.80 bits per heavy atom. The highest BCUT2D eigenvalue weighted by Crippen LogP contribution is 2.21. The van der Waals surface area contributed by atoms with Crippen molar-refractivity contribution in [2.45, 2.75) is 18.9 Å². The Kier molecular flexibility index (Phi) is 8.69. The van der Waals surface area contributed by atoms with Crippen molar-refractivity contribution in [2.24, 2.45) is 0 Å². The van der Waals surface area contributed by atoms with E-state index in [0.717, 1.165) is 25.9 Å². The Bertz CT molecular complexity index is 647. The molecule has 0 unspecified atom stereocenters. The van der Waals surface area contributed by atoms with E-state index in [4.69, 9.17) is 4.74 Å². The lowest BCUT2D eigenvalue weighted by Crippen LogP contribution is -2.43. The van der Waals surface area contributed by atoms with Crippen molar-refractivity contribution in [3.63, 3.8) is 0 Å². The van der Waals surface area contributed by atoms with E-state index in [1.165, 1.54) is 0 Å². The summed E-state index contributed by atoms with van der Waals surface area (Å²) in [5.74, 6) is 1.43. The number of carbonyl (C=O) groups excluding carboxylic acids is 1. The van der Waals surface area contributed by atoms with Crippen molar-refractivity contribution >= 4 is 30.7 Å². The van der Waals surface area contributed by atoms with Crippen LogP contribution in [-0.4, -0.2) is 42.0 Å². The van der Waals surface area contributed by atoms with Gasteiger partial charge in [0.2, 0.25) is 0 Å². The minimum absolute atomic E-state index is 0. The topological polar surface area (TPSA) is 54.5 Å². The molecule has 136 valence electrons. The Morgan fingerprint density at radius 1 is 1.12 bits per heavy atom. The normalized spacial score (nSPS) is 14.0. The molecule has 1 aromatic carbocycles. The third kappa shape index (κ3) is 5.59. The molecular formula is C18H23Cl2N3O2. The van der Waals surface area contributed by atoms with Crippen molar-refractivity contribution in [2.75, 3.05) is 20.1 Å². The van der Waals surface area contributed by atoms with Crippen LogP contribution in [0.25, 0.3) is 0 Å². The van der Waals surface area contributed by atoms with Gasteiger partial charge in [-0.25, -0.2) is 0 Å². The highest BCUT2D eigenvalue weighted by molar-refractivity contribution is 5.94. The van der Waals surface area contributed by atoms with Gasteiger partial charge >= 0.3 is 0 Å². The summed E-state index contributed by atoms with van der Waals surface area (Å²) in [6.45, 7) is 1.94. The average Bonchev–Trinajstić information content (AvgIpc) is 2.63. The summed E-state index contributed by atoms with van der Waals surface area (Å²) in [5, 5.41) is 3.32. The molecule has 5 nitrogen and oxygen atoms in total. The number of amides is 1. The predicted molar refractivity (Wildman–Crippen MR) is 103 cm³/mol. The Balaban J connectivity index is 0.00000156. The standard InChI is InChI=1S/C18H21N3O2.2ClH/c1-21(15-8-11-19-12-9-15)18(22)14-4-6-16(7-5-14)23-17-3-2-10-20-13-17;;/h2-7,10,13,15,19H,8-9,11-12H2,1H3;2*1H. The summed E-state index contributed by atoms with van der Waals surface area (Å²) in [6.07, 6.45) is 5.37. The molecule has 1 amide bonds. The van der Waals surface area contributed by atoms with Crippen molar-refractivity contribution in [3.05, 3.63) is 54.4 Å². The summed E-state index contributed by atoms with van der Waals surface area (Å²) in [6, 6.07) is 11.2. The first-order valence-corrected chi connectivity index (χ1v) is 7.90. The molecule has 0 radical (unpaired) electrons. The van der Waals surface area contributed by atoms with E-state index in [1.807, 2.05) is 48.3 Å². The Hall–Kier alpha value is -1.82. The second-order valence-electron chi connectivity index (χ2n) is 5.71. The predicted octanol–water partition coefficient (Wildman–Crippen LogP) is 3.54. The number of aromatic nitrogens is 1. The van der Waals surface area contributed by atoms with Crippen LogP contribution in [0.3, 0.4) is 0 Å². The molecule has 1 N–H and O–H groups in total. The molecule has 1 saturated heterocycles. The van der Waals surface area contributed by atoms with Gasteiger partial charge in [0.25, 0.3) is 5.91 Å². The summed E-state index contributed by atoms with van der Waals surface area (Å²) in [4.78, 5) is 18.4. The smallest absolute Gasteiger partial charge is 0.253 e. The minimum Gasteiger partial charge on any atom is -0.456 e. The van der Waals surface area contributed by atoms with Crippen molar-refractivity contribution in [1.82, 2.24) is 15.2 Å². The van der Waals surface area contributed by atoms with E-state index < -0.39 is 0 Å². The maximum absolute atomic E-state index is 12.6. The van der Waals surface area contributed by atoms with Gasteiger partial charge < -0.3 is 15.0 Å². The quantitative estimate of drug-likeness (QED) is 0.876. The molecule has 25 heavy (non-hydrogen) atoms. The van der Waals surface area contributed by atoms with Crippen LogP contribution in [0, 0.1) is 0 Å². The maximum Gasteiger partial charge on any atom is 0.253 e. The van der Waals surface area contributed by atoms with Gasteiger partial charge in [0.1, 0.15) is 11.5 Å². The van der Waals surface area contributed by atoms with Gasteiger partial charge in [-0.15, -0.1) is 24.8 Å². The third-order valence-electron chi connectivity index (χ3n) is 4.15. The maximum atomic E-state index is 12.6. The van der Waals surface area contributed by atoms with Gasteiger partial charge in [-0.2, -0.15) is 0 Å². The number of rotatable bonds is 4. The van der Waals surface area contributed by atoms with E-state index in [0.29, 0.717) is 23.1 Å². The van der Waals surface area contributed by atoms with Gasteiger partial charge in [-0.05, 0) is 62.3 Å². The summed E-state index contributed by atoms with van der Waals surface area (Å²) >= 11 is 0. The first-order valence-electron chi connectivity index (χ1n) is 7.90. The number of piperidine rings is 1. The second-order valence-corrected chi connectivity index (χ2v) is 5.71. The number of benzene rings is 1. The summed E-state index contributed by atoms with van der Waals surface area (Å²) < 4.78 is 5.69. The molecule has 1 aliphatic heterocycles. The van der Waals surface area contributed by atoms with Crippen LogP contribution >= 0.6 is 24.8 Å². The molecule has 0 saturated carbocycles. The van der Waals surface area contributed by atoms with Crippen LogP contribution in [-0.2, 0) is 0 Å². The molecule has 0 aliphatic carbocycles. The van der Waals surface area contributed by atoms with Crippen LogP contribution in [0.2, 0.25) is 0 Å². The van der Waals surface area contributed by atoms with Gasteiger partial charge in [0.15, 0.2) is 0 Å². The van der Waals surface area contributed by atoms with Gasteiger partial charge in [-0.1, -0.05) is 0 Å². The molecule has 1 aliphatic rings. The van der Waals surface area contributed by atoms with Gasteiger partial charge in [0, 0.05) is 24.8 Å². The first kappa shape index (κ1) is 21.2. The van der Waals surface area contributed by atoms with Crippen LogP contribution in [0.5, 0.6) is 11.5 Å². The SMILES string of the molecule is CN(C(=O)c1ccc(Oc2cccnc2)cc1)C1CCNCC1.Cl.Cl. The zero-order chi connectivity index (χ0) is 16.1. The van der Waals surface area contributed by atoms with Crippen molar-refractivity contribution in [3.8, 4) is 11.5 Å². The summed E-state index contributed by atoms with van der Waals surface area (Å²) in [5.41, 5.74) is 0.685. The molecule has 0 spiro atoms. The van der Waals surface area contributed by atoms with Gasteiger partial charge in [0.05, 0.1) is 6.20 Å². The number of hydrogen-bond acceptors (Lipinski definition) is 4. The van der Waals surface area contributed by atoms with E-state index >= 15 is 0 Å². The van der Waals surface area contributed by atoms with Crippen molar-refractivity contribution in [1.29, 1.82) is 0 Å². The lowest BCUT2D eigenvalue weighted by Gasteiger charge is -2.31. The fourth-order valence-corrected chi connectivity index (χ4v) is 2.77. The second kappa shape index (κ2) is 10.2. The zero-order valence-electron chi connectivity index (χ0n) is 14.1. The molecule has 0 atom stereocenters. The Labute approximate surface area is 160 Å². The van der Waals surface area contributed by atoms with E-state index in [-0.39, 0.29) is 30.7 Å². The molecule has 2 heterocycles. The molecule has 1 fully saturated rings. The summed E-state index contributed by atoms with van der Waals surface area (Å²) in [7, 11) is 1.89. The largest absolute Gasteiger partial charge is 0.456 e. The molecule has 2 aromatic rings. The van der Waals surface area contributed by atoms with Crippen LogP contribution < -0.4 is 10.1 Å². The number of hydrogen-bond donors (Lipinski definition) is 1. The third-order valence-corrected chi connectivity index (χ3v) is 4.15. The van der Waals surface area contributed by atoms with Crippen LogP contribution in [0.1, 0.15) is 23.2 Å². The van der Waals surface area contributed by atoms with E-state index in [1.54, 1.807) is 12.4 Å². The molecule has 0 bridgehead atoms. The van der Waals surface area contributed by atoms with Crippen LogP contribution in [0.15, 0.2) is 48.8 Å². The minimum atomic E-state index is 0. The molecule has 7 heteroatoms. The lowest BCUT2D eigenvalue weighted by atomic mass is 10.0. The Morgan fingerprint density at radius 3 is 2.40 bits per heavy atom. The number of ether oxygens (including phenoxy) is 1. The average molecular weight is 384 g/mol. The zero-order valence-corrected chi connectivity index (χ0v) is 15.7. The monoisotopic (exact) mass is 383 g/mol. The molecule has 1 aromatic heterocycles. The van der Waals surface area contributed by atoms with E-state index in [2.05, 4.69) is 10.3 Å². The van der Waals surface area contributed by atoms with Gasteiger partial charge in [-0.3, -0.25) is 9.78 Å². The fraction of sp³-hybridized carbons (Fsp3) is 0.333. The number of nitrogens with zero attached hydrogens (tertiary/aromatic N) is 2. The molecular weight excluding hydrogens is 361 g/mol. The van der Waals surface area contributed by atoms with E-state index in [9.17, 15) is 4.79 Å². The first-order chi connectivity index (χ1) is 11.2. The lowest BCUT2D eigenvalue weighted by molar-refractivity contribution is 0.0703.